The second-order valence-corrected chi connectivity index (χ2v) is 9.14. The van der Waals surface area contributed by atoms with Crippen LogP contribution in [-0.2, 0) is 16.0 Å². The molecule has 3 rings (SSSR count). The minimum atomic E-state index is -0.185. The van der Waals surface area contributed by atoms with Gasteiger partial charge in [-0.25, -0.2) is 0 Å². The van der Waals surface area contributed by atoms with E-state index in [2.05, 4.69) is 52.1 Å². The maximum absolute atomic E-state index is 12.7. The van der Waals surface area contributed by atoms with Gasteiger partial charge in [0.2, 0.25) is 0 Å². The van der Waals surface area contributed by atoms with Crippen LogP contribution in [0, 0.1) is 5.92 Å². The Morgan fingerprint density at radius 1 is 1.12 bits per heavy atom. The van der Waals surface area contributed by atoms with Gasteiger partial charge in [0.25, 0.3) is 0 Å². The first kappa shape index (κ1) is 19.4. The third-order valence-corrected chi connectivity index (χ3v) is 7.01. The van der Waals surface area contributed by atoms with Crippen LogP contribution in [0.1, 0.15) is 70.4 Å². The van der Waals surface area contributed by atoms with Gasteiger partial charge in [0.05, 0.1) is 31.6 Å². The zero-order valence-electron chi connectivity index (χ0n) is 17.2. The van der Waals surface area contributed by atoms with Crippen molar-refractivity contribution in [2.24, 2.45) is 5.92 Å². The molecule has 0 amide bonds. The first-order valence-corrected chi connectivity index (χ1v) is 10.5. The van der Waals surface area contributed by atoms with Gasteiger partial charge in [0.1, 0.15) is 6.10 Å². The lowest BCUT2D eigenvalue weighted by Gasteiger charge is -2.46. The van der Waals surface area contributed by atoms with Crippen LogP contribution in [0.5, 0.6) is 0 Å². The molecule has 0 aliphatic carbocycles. The number of nitrogens with zero attached hydrogens (tertiary/aromatic N) is 1. The van der Waals surface area contributed by atoms with E-state index in [9.17, 15) is 4.79 Å². The quantitative estimate of drug-likeness (QED) is 0.545. The average molecular weight is 359 g/mol. The fourth-order valence-electron chi connectivity index (χ4n) is 5.12. The SMILES string of the molecule is CC[N+]1(C)C2CCC1CC(OC(=O)C(C)c1ccc(CC(C)C)cc1)C2. The molecular formula is C23H36NO2+. The van der Waals surface area contributed by atoms with E-state index in [4.69, 9.17) is 4.74 Å². The van der Waals surface area contributed by atoms with Crippen LogP contribution in [0.2, 0.25) is 0 Å². The van der Waals surface area contributed by atoms with Gasteiger partial charge in [-0.15, -0.1) is 0 Å². The van der Waals surface area contributed by atoms with Crippen LogP contribution >= 0.6 is 0 Å². The number of fused-ring (bicyclic) bond motifs is 2. The topological polar surface area (TPSA) is 26.3 Å². The zero-order valence-corrected chi connectivity index (χ0v) is 17.2. The highest BCUT2D eigenvalue weighted by molar-refractivity contribution is 5.77. The molecule has 0 N–H and O–H groups in total. The Labute approximate surface area is 159 Å². The van der Waals surface area contributed by atoms with Crippen LogP contribution in [0.3, 0.4) is 0 Å². The van der Waals surface area contributed by atoms with Gasteiger partial charge >= 0.3 is 5.97 Å². The monoisotopic (exact) mass is 358 g/mol. The fourth-order valence-corrected chi connectivity index (χ4v) is 5.12. The number of hydrogen-bond acceptors (Lipinski definition) is 2. The minimum Gasteiger partial charge on any atom is -0.461 e. The van der Waals surface area contributed by atoms with Crippen LogP contribution in [0.25, 0.3) is 0 Å². The van der Waals surface area contributed by atoms with Crippen molar-refractivity contribution in [1.82, 2.24) is 0 Å². The molecule has 1 aromatic carbocycles. The second-order valence-electron chi connectivity index (χ2n) is 9.14. The van der Waals surface area contributed by atoms with E-state index in [1.807, 2.05) is 6.92 Å². The summed E-state index contributed by atoms with van der Waals surface area (Å²) in [6.45, 7) is 9.92. The number of carbonyl (C=O) groups excluding carboxylic acids is 1. The number of quaternary nitrogens is 1. The van der Waals surface area contributed by atoms with Crippen LogP contribution < -0.4 is 0 Å². The molecule has 0 radical (unpaired) electrons. The molecule has 3 nitrogen and oxygen atoms in total. The zero-order chi connectivity index (χ0) is 18.9. The Morgan fingerprint density at radius 3 is 2.19 bits per heavy atom. The number of ether oxygens (including phenoxy) is 1. The Kier molecular flexibility index (Phi) is 5.76. The minimum absolute atomic E-state index is 0.0568. The van der Waals surface area contributed by atoms with E-state index >= 15 is 0 Å². The summed E-state index contributed by atoms with van der Waals surface area (Å²) in [6.07, 6.45) is 5.84. The molecule has 144 valence electrons. The highest BCUT2D eigenvalue weighted by Gasteiger charge is 2.51. The predicted octanol–water partition coefficient (Wildman–Crippen LogP) is 4.69. The molecule has 3 atom stereocenters. The van der Waals surface area contributed by atoms with Crippen molar-refractivity contribution >= 4 is 5.97 Å². The predicted molar refractivity (Wildman–Crippen MR) is 106 cm³/mol. The van der Waals surface area contributed by atoms with Crippen LogP contribution in [0.4, 0.5) is 0 Å². The number of benzene rings is 1. The summed E-state index contributed by atoms with van der Waals surface area (Å²) < 4.78 is 7.15. The van der Waals surface area contributed by atoms with Crippen molar-refractivity contribution in [3.8, 4) is 0 Å². The maximum atomic E-state index is 12.7. The first-order chi connectivity index (χ1) is 12.3. The number of carbonyl (C=O) groups is 1. The number of hydrogen-bond donors (Lipinski definition) is 0. The molecule has 0 spiro atoms. The van der Waals surface area contributed by atoms with Gasteiger partial charge in [0.15, 0.2) is 0 Å². The van der Waals surface area contributed by atoms with Crippen molar-refractivity contribution in [3.05, 3.63) is 35.4 Å². The van der Waals surface area contributed by atoms with E-state index in [0.29, 0.717) is 18.0 Å². The lowest BCUT2D eigenvalue weighted by atomic mass is 9.95. The van der Waals surface area contributed by atoms with Gasteiger partial charge in [-0.1, -0.05) is 38.1 Å². The molecule has 0 aromatic heterocycles. The lowest BCUT2D eigenvalue weighted by molar-refractivity contribution is -0.947. The van der Waals surface area contributed by atoms with E-state index < -0.39 is 0 Å². The number of esters is 1. The highest BCUT2D eigenvalue weighted by atomic mass is 16.5. The summed E-state index contributed by atoms with van der Waals surface area (Å²) >= 11 is 0. The van der Waals surface area contributed by atoms with E-state index in [-0.39, 0.29) is 18.0 Å². The summed E-state index contributed by atoms with van der Waals surface area (Å²) in [5, 5.41) is 0. The molecule has 3 heteroatoms. The highest BCUT2D eigenvalue weighted by Crippen LogP contribution is 2.42. The first-order valence-electron chi connectivity index (χ1n) is 10.5. The van der Waals surface area contributed by atoms with Gasteiger partial charge < -0.3 is 9.22 Å². The maximum Gasteiger partial charge on any atom is 0.313 e. The molecule has 0 saturated carbocycles. The summed E-state index contributed by atoms with van der Waals surface area (Å²) in [7, 11) is 2.39. The fraction of sp³-hybridized carbons (Fsp3) is 0.696. The number of piperidine rings is 1. The van der Waals surface area contributed by atoms with Gasteiger partial charge in [-0.3, -0.25) is 4.79 Å². The van der Waals surface area contributed by atoms with Crippen molar-refractivity contribution in [1.29, 1.82) is 0 Å². The summed E-state index contributed by atoms with van der Waals surface area (Å²) in [5.41, 5.74) is 2.40. The van der Waals surface area contributed by atoms with Crippen LogP contribution in [-0.4, -0.2) is 42.2 Å². The van der Waals surface area contributed by atoms with E-state index in [0.717, 1.165) is 24.8 Å². The summed E-state index contributed by atoms with van der Waals surface area (Å²) in [4.78, 5) is 12.7. The van der Waals surface area contributed by atoms with Gasteiger partial charge in [-0.2, -0.15) is 0 Å². The molecule has 1 aromatic rings. The van der Waals surface area contributed by atoms with Gasteiger partial charge in [0, 0.05) is 25.7 Å². The Balaban J connectivity index is 1.58. The molecule has 2 bridgehead atoms. The second kappa shape index (κ2) is 7.72. The van der Waals surface area contributed by atoms with Crippen LogP contribution in [0.15, 0.2) is 24.3 Å². The molecule has 2 aliphatic heterocycles. The Hall–Kier alpha value is -1.35. The smallest absolute Gasteiger partial charge is 0.313 e. The average Bonchev–Trinajstić information content (AvgIpc) is 2.78. The molecule has 2 aliphatic rings. The normalized spacial score (nSPS) is 31.8. The van der Waals surface area contributed by atoms with E-state index in [1.165, 1.54) is 29.4 Å². The molecule has 26 heavy (non-hydrogen) atoms. The summed E-state index contributed by atoms with van der Waals surface area (Å²) in [5.74, 6) is 0.408. The largest absolute Gasteiger partial charge is 0.461 e. The van der Waals surface area contributed by atoms with E-state index in [1.54, 1.807) is 0 Å². The third-order valence-electron chi connectivity index (χ3n) is 7.01. The molecular weight excluding hydrogens is 322 g/mol. The third kappa shape index (κ3) is 3.83. The molecule has 2 saturated heterocycles. The number of rotatable bonds is 6. The van der Waals surface area contributed by atoms with Crippen molar-refractivity contribution in [2.75, 3.05) is 13.6 Å². The standard InChI is InChI=1S/C23H36NO2/c1-6-24(5)20-11-12-21(24)15-22(14-20)26-23(25)17(4)19-9-7-18(8-10-19)13-16(2)3/h7-10,16-17,20-22H,6,11-15H2,1-5H3/q+1. The molecule has 3 unspecified atom stereocenters. The molecule has 2 fully saturated rings. The van der Waals surface area contributed by atoms with Gasteiger partial charge in [-0.05, 0) is 37.3 Å². The molecule has 2 heterocycles. The van der Waals surface area contributed by atoms with Crippen molar-refractivity contribution < 1.29 is 14.0 Å². The van der Waals surface area contributed by atoms with Crippen molar-refractivity contribution in [3.63, 3.8) is 0 Å². The Morgan fingerprint density at radius 2 is 1.69 bits per heavy atom. The Bertz CT molecular complexity index is 608. The van der Waals surface area contributed by atoms with Crippen molar-refractivity contribution in [2.45, 2.75) is 83.9 Å². The summed E-state index contributed by atoms with van der Waals surface area (Å²) in [6, 6.07) is 9.84. The lowest BCUT2D eigenvalue weighted by Crippen LogP contribution is -2.58.